The van der Waals surface area contributed by atoms with Gasteiger partial charge in [0.2, 0.25) is 0 Å². The molecule has 0 radical (unpaired) electrons. The van der Waals surface area contributed by atoms with E-state index in [2.05, 4.69) is 0 Å². The summed E-state index contributed by atoms with van der Waals surface area (Å²) in [5.74, 6) is 4.51. The summed E-state index contributed by atoms with van der Waals surface area (Å²) in [7, 11) is 0. The van der Waals surface area contributed by atoms with Crippen molar-refractivity contribution in [2.75, 3.05) is 0 Å². The van der Waals surface area contributed by atoms with E-state index in [4.69, 9.17) is 0 Å². The predicted molar refractivity (Wildman–Crippen MR) is 85.6 cm³/mol. The van der Waals surface area contributed by atoms with E-state index < -0.39 is 0 Å². The molecule has 0 spiro atoms. The first-order valence-corrected chi connectivity index (χ1v) is 9.86. The summed E-state index contributed by atoms with van der Waals surface area (Å²) >= 11 is 0. The monoisotopic (exact) mass is 274 g/mol. The molecular weight excluding hydrogens is 240 g/mol. The van der Waals surface area contributed by atoms with Crippen molar-refractivity contribution in [1.82, 2.24) is 0 Å². The first-order chi connectivity index (χ1) is 9.86. The molecule has 0 aromatic heterocycles. The Morgan fingerprint density at radius 3 is 2.15 bits per heavy atom. The van der Waals surface area contributed by atoms with Crippen LogP contribution in [0.3, 0.4) is 0 Å². The zero-order valence-electron chi connectivity index (χ0n) is 13.4. The van der Waals surface area contributed by atoms with Gasteiger partial charge in [0.05, 0.1) is 0 Å². The molecule has 5 fully saturated rings. The van der Waals surface area contributed by atoms with Crippen molar-refractivity contribution in [2.45, 2.75) is 96.3 Å². The fourth-order valence-electron chi connectivity index (χ4n) is 6.89. The second-order valence-electron chi connectivity index (χ2n) is 8.88. The van der Waals surface area contributed by atoms with E-state index in [0.717, 1.165) is 29.1 Å². The van der Waals surface area contributed by atoms with Gasteiger partial charge in [-0.25, -0.2) is 0 Å². The van der Waals surface area contributed by atoms with Crippen molar-refractivity contribution in [1.29, 1.82) is 0 Å². The third-order valence-corrected chi connectivity index (χ3v) is 7.94. The molecule has 0 saturated heterocycles. The molecule has 114 valence electrons. The lowest BCUT2D eigenvalue weighted by Crippen LogP contribution is -2.40. The Bertz CT molecular complexity index is 317. The molecule has 3 atom stereocenters. The van der Waals surface area contributed by atoms with Crippen LogP contribution in [-0.2, 0) is 0 Å². The molecule has 0 aromatic carbocycles. The molecule has 5 rings (SSSR count). The molecular formula is C20H34. The Hall–Kier alpha value is 0. The summed E-state index contributed by atoms with van der Waals surface area (Å²) in [5, 5.41) is 0. The first-order valence-electron chi connectivity index (χ1n) is 9.86. The predicted octanol–water partition coefficient (Wildman–Crippen LogP) is 6.34. The molecule has 0 N–H and O–H groups in total. The lowest BCUT2D eigenvalue weighted by Gasteiger charge is -2.51. The molecule has 5 saturated carbocycles. The van der Waals surface area contributed by atoms with Gasteiger partial charge < -0.3 is 0 Å². The third-order valence-electron chi connectivity index (χ3n) is 7.94. The van der Waals surface area contributed by atoms with Gasteiger partial charge in [-0.3, -0.25) is 0 Å². The molecule has 3 unspecified atom stereocenters. The van der Waals surface area contributed by atoms with Crippen LogP contribution in [0.15, 0.2) is 0 Å². The summed E-state index contributed by atoms with van der Waals surface area (Å²) in [6.45, 7) is 0. The largest absolute Gasteiger partial charge is 0.0530 e. The molecule has 0 heteroatoms. The van der Waals surface area contributed by atoms with Gasteiger partial charge in [-0.15, -0.1) is 0 Å². The summed E-state index contributed by atoms with van der Waals surface area (Å²) in [6, 6.07) is 0. The maximum atomic E-state index is 1.62. The van der Waals surface area contributed by atoms with Gasteiger partial charge in [-0.05, 0) is 74.0 Å². The van der Waals surface area contributed by atoms with Crippen molar-refractivity contribution in [3.05, 3.63) is 0 Å². The average molecular weight is 274 g/mol. The number of hydrogen-bond acceptors (Lipinski definition) is 0. The van der Waals surface area contributed by atoms with Crippen molar-refractivity contribution in [3.8, 4) is 0 Å². The topological polar surface area (TPSA) is 0 Å². The van der Waals surface area contributed by atoms with E-state index in [1.807, 2.05) is 0 Å². The SMILES string of the molecule is C1CCC2(C3CCCC4CCCC3C4)CCC(C1)CC2. The highest BCUT2D eigenvalue weighted by Gasteiger charge is 2.46. The highest BCUT2D eigenvalue weighted by atomic mass is 14.5. The Labute approximate surface area is 126 Å². The second-order valence-corrected chi connectivity index (χ2v) is 8.88. The highest BCUT2D eigenvalue weighted by Crippen LogP contribution is 2.57. The lowest BCUT2D eigenvalue weighted by atomic mass is 9.54. The van der Waals surface area contributed by atoms with Crippen LogP contribution in [0.25, 0.3) is 0 Å². The van der Waals surface area contributed by atoms with E-state index >= 15 is 0 Å². The van der Waals surface area contributed by atoms with E-state index in [9.17, 15) is 0 Å². The molecule has 0 aromatic rings. The maximum absolute atomic E-state index is 1.62. The van der Waals surface area contributed by atoms with Gasteiger partial charge in [0.25, 0.3) is 0 Å². The molecule has 5 aliphatic rings. The summed E-state index contributed by atoms with van der Waals surface area (Å²) in [6.07, 6.45) is 23.8. The Morgan fingerprint density at radius 2 is 1.30 bits per heavy atom. The van der Waals surface area contributed by atoms with Crippen molar-refractivity contribution in [2.24, 2.45) is 29.1 Å². The van der Waals surface area contributed by atoms with Gasteiger partial charge in [0, 0.05) is 0 Å². The molecule has 0 aliphatic heterocycles. The summed E-state index contributed by atoms with van der Waals surface area (Å²) < 4.78 is 0. The molecule has 0 amide bonds. The van der Waals surface area contributed by atoms with Crippen LogP contribution in [-0.4, -0.2) is 0 Å². The van der Waals surface area contributed by atoms with Crippen LogP contribution in [0.4, 0.5) is 0 Å². The van der Waals surface area contributed by atoms with Gasteiger partial charge in [-0.1, -0.05) is 51.4 Å². The Balaban J connectivity index is 1.57. The zero-order valence-corrected chi connectivity index (χ0v) is 13.4. The van der Waals surface area contributed by atoms with Gasteiger partial charge in [0.1, 0.15) is 0 Å². The standard InChI is InChI=1S/C20H34/c1-2-12-20(13-10-16(5-1)11-14-20)19-9-4-7-17-6-3-8-18(19)15-17/h16-19H,1-15H2. The van der Waals surface area contributed by atoms with Crippen LogP contribution >= 0.6 is 0 Å². The number of hydrogen-bond donors (Lipinski definition) is 0. The van der Waals surface area contributed by atoms with E-state index in [1.54, 1.807) is 96.3 Å². The van der Waals surface area contributed by atoms with Crippen LogP contribution in [0.2, 0.25) is 0 Å². The van der Waals surface area contributed by atoms with Crippen LogP contribution in [0.5, 0.6) is 0 Å². The highest BCUT2D eigenvalue weighted by molar-refractivity contribution is 4.97. The van der Waals surface area contributed by atoms with Gasteiger partial charge >= 0.3 is 0 Å². The number of rotatable bonds is 1. The van der Waals surface area contributed by atoms with E-state index in [1.165, 1.54) is 0 Å². The Kier molecular flexibility index (Phi) is 3.86. The quantitative estimate of drug-likeness (QED) is 0.523. The van der Waals surface area contributed by atoms with Crippen LogP contribution in [0, 0.1) is 29.1 Å². The van der Waals surface area contributed by atoms with Crippen molar-refractivity contribution < 1.29 is 0 Å². The second kappa shape index (κ2) is 5.65. The van der Waals surface area contributed by atoms with E-state index in [-0.39, 0.29) is 0 Å². The third kappa shape index (κ3) is 2.46. The van der Waals surface area contributed by atoms with Gasteiger partial charge in [-0.2, -0.15) is 0 Å². The minimum atomic E-state index is 0.813. The van der Waals surface area contributed by atoms with Crippen molar-refractivity contribution in [3.63, 3.8) is 0 Å². The first kappa shape index (κ1) is 13.6. The minimum absolute atomic E-state index is 0.813. The average Bonchev–Trinajstić information content (AvgIpc) is 2.59. The lowest BCUT2D eigenvalue weighted by molar-refractivity contribution is -0.00127. The Morgan fingerprint density at radius 1 is 0.550 bits per heavy atom. The summed E-state index contributed by atoms with van der Waals surface area (Å²) in [4.78, 5) is 0. The summed E-state index contributed by atoms with van der Waals surface area (Å²) in [5.41, 5.74) is 0.813. The maximum Gasteiger partial charge on any atom is -0.0266 e. The van der Waals surface area contributed by atoms with Crippen molar-refractivity contribution >= 4 is 0 Å². The number of fused-ring (bicyclic) bond motifs is 7. The molecule has 5 aliphatic carbocycles. The smallest absolute Gasteiger partial charge is 0.0266 e. The van der Waals surface area contributed by atoms with Crippen LogP contribution in [0.1, 0.15) is 96.3 Å². The van der Waals surface area contributed by atoms with E-state index in [0.29, 0.717) is 0 Å². The van der Waals surface area contributed by atoms with Crippen LogP contribution < -0.4 is 0 Å². The van der Waals surface area contributed by atoms with Gasteiger partial charge in [0.15, 0.2) is 0 Å². The normalized spacial score (nSPS) is 49.2. The molecule has 0 heterocycles. The zero-order chi connectivity index (χ0) is 13.4. The molecule has 0 nitrogen and oxygen atoms in total. The fraction of sp³-hybridized carbons (Fsp3) is 1.00. The fourth-order valence-corrected chi connectivity index (χ4v) is 6.89. The minimum Gasteiger partial charge on any atom is -0.0530 e. The molecule has 4 bridgehead atoms. The molecule has 20 heavy (non-hydrogen) atoms.